The van der Waals surface area contributed by atoms with E-state index in [1.165, 1.54) is 0 Å². The van der Waals surface area contributed by atoms with Crippen LogP contribution in [0.4, 0.5) is 0 Å². The number of rotatable bonds is 1. The fraction of sp³-hybridized carbons (Fsp3) is 0.833. The zero-order valence-corrected chi connectivity index (χ0v) is 5.42. The molecule has 1 rings (SSSR count). The molecule has 2 N–H and O–H groups in total. The molecule has 1 fully saturated rings. The highest BCUT2D eigenvalue weighted by Gasteiger charge is 2.41. The number of nitrogens with two attached hydrogens (primary N) is 1. The van der Waals surface area contributed by atoms with Gasteiger partial charge in [-0.05, 0) is 0 Å². The van der Waals surface area contributed by atoms with Gasteiger partial charge in [-0.25, -0.2) is 0 Å². The normalized spacial score (nSPS) is 41.2. The van der Waals surface area contributed by atoms with Crippen LogP contribution in [0, 0.1) is 11.3 Å². The van der Waals surface area contributed by atoms with Crippen molar-refractivity contribution in [3.63, 3.8) is 0 Å². The Kier molecular flexibility index (Phi) is 1.43. The van der Waals surface area contributed by atoms with Gasteiger partial charge in [0.1, 0.15) is 5.54 Å². The van der Waals surface area contributed by atoms with Gasteiger partial charge in [0.15, 0.2) is 0 Å². The molecule has 0 spiro atoms. The minimum absolute atomic E-state index is 0.217. The van der Waals surface area contributed by atoms with Gasteiger partial charge in [-0.1, -0.05) is 0 Å². The Morgan fingerprint density at radius 3 is 2.67 bits per heavy atom. The zero-order chi connectivity index (χ0) is 6.91. The quantitative estimate of drug-likeness (QED) is 0.538. The van der Waals surface area contributed by atoms with Gasteiger partial charge in [0.05, 0.1) is 12.2 Å². The van der Waals surface area contributed by atoms with Crippen LogP contribution in [0.15, 0.2) is 0 Å². The molecule has 1 aliphatic rings. The summed E-state index contributed by atoms with van der Waals surface area (Å²) < 4.78 is 4.95. The van der Waals surface area contributed by atoms with Crippen molar-refractivity contribution in [1.82, 2.24) is 0 Å². The molecule has 50 valence electrons. The predicted molar refractivity (Wildman–Crippen MR) is 32.6 cm³/mol. The molecule has 0 saturated heterocycles. The van der Waals surface area contributed by atoms with Crippen molar-refractivity contribution in [3.8, 4) is 6.07 Å². The summed E-state index contributed by atoms with van der Waals surface area (Å²) in [4.78, 5) is 0. The molecule has 0 radical (unpaired) electrons. The van der Waals surface area contributed by atoms with Crippen LogP contribution in [0.25, 0.3) is 0 Å². The van der Waals surface area contributed by atoms with Gasteiger partial charge in [-0.2, -0.15) is 5.26 Å². The van der Waals surface area contributed by atoms with E-state index in [1.54, 1.807) is 7.11 Å². The topological polar surface area (TPSA) is 59.0 Å². The van der Waals surface area contributed by atoms with E-state index in [0.29, 0.717) is 12.8 Å². The monoisotopic (exact) mass is 126 g/mol. The average molecular weight is 126 g/mol. The molecule has 0 amide bonds. The van der Waals surface area contributed by atoms with Gasteiger partial charge in [-0.3, -0.25) is 0 Å². The molecule has 0 atom stereocenters. The lowest BCUT2D eigenvalue weighted by Gasteiger charge is -2.38. The zero-order valence-electron chi connectivity index (χ0n) is 5.42. The summed E-state index contributed by atoms with van der Waals surface area (Å²) in [6.45, 7) is 0. The lowest BCUT2D eigenvalue weighted by atomic mass is 9.76. The second-order valence-corrected chi connectivity index (χ2v) is 2.53. The molecular formula is C6H10N2O. The molecule has 3 nitrogen and oxygen atoms in total. The van der Waals surface area contributed by atoms with Crippen LogP contribution in [0.3, 0.4) is 0 Å². The molecular weight excluding hydrogens is 116 g/mol. The highest BCUT2D eigenvalue weighted by molar-refractivity contribution is 5.14. The maximum absolute atomic E-state index is 8.43. The molecule has 0 aromatic carbocycles. The van der Waals surface area contributed by atoms with E-state index < -0.39 is 5.54 Å². The summed E-state index contributed by atoms with van der Waals surface area (Å²) in [5.74, 6) is 0. The summed E-state index contributed by atoms with van der Waals surface area (Å²) >= 11 is 0. The number of hydrogen-bond donors (Lipinski definition) is 1. The lowest BCUT2D eigenvalue weighted by molar-refractivity contribution is 0.00612. The molecule has 0 bridgehead atoms. The van der Waals surface area contributed by atoms with Crippen LogP contribution in [0.2, 0.25) is 0 Å². The SMILES string of the molecule is COC1CC(N)(C#N)C1. The standard InChI is InChI=1S/C6H10N2O/c1-9-5-2-6(8,3-5)4-7/h5H,2-3,8H2,1H3. The van der Waals surface area contributed by atoms with Crippen LogP contribution >= 0.6 is 0 Å². The van der Waals surface area contributed by atoms with Gasteiger partial charge < -0.3 is 10.5 Å². The molecule has 0 aromatic rings. The van der Waals surface area contributed by atoms with Crippen LogP contribution in [0.1, 0.15) is 12.8 Å². The Hall–Kier alpha value is -0.590. The second-order valence-electron chi connectivity index (χ2n) is 2.53. The van der Waals surface area contributed by atoms with Crippen LogP contribution in [0.5, 0.6) is 0 Å². The van der Waals surface area contributed by atoms with Crippen LogP contribution in [-0.4, -0.2) is 18.8 Å². The third kappa shape index (κ3) is 1.04. The number of nitriles is 1. The highest BCUT2D eigenvalue weighted by atomic mass is 16.5. The van der Waals surface area contributed by atoms with Crippen molar-refractivity contribution in [2.24, 2.45) is 5.73 Å². The van der Waals surface area contributed by atoms with Crippen molar-refractivity contribution >= 4 is 0 Å². The van der Waals surface area contributed by atoms with Gasteiger partial charge in [0.2, 0.25) is 0 Å². The van der Waals surface area contributed by atoms with Crippen molar-refractivity contribution in [2.45, 2.75) is 24.5 Å². The van der Waals surface area contributed by atoms with E-state index in [-0.39, 0.29) is 6.10 Å². The Morgan fingerprint density at radius 2 is 2.33 bits per heavy atom. The third-order valence-corrected chi connectivity index (χ3v) is 1.74. The maximum atomic E-state index is 8.43. The third-order valence-electron chi connectivity index (χ3n) is 1.74. The average Bonchev–Trinajstić information content (AvgIpc) is 1.81. The molecule has 1 aliphatic carbocycles. The molecule has 0 heterocycles. The summed E-state index contributed by atoms with van der Waals surface area (Å²) in [7, 11) is 1.64. The van der Waals surface area contributed by atoms with E-state index in [9.17, 15) is 0 Å². The minimum Gasteiger partial charge on any atom is -0.381 e. The second kappa shape index (κ2) is 1.98. The highest BCUT2D eigenvalue weighted by Crippen LogP contribution is 2.30. The van der Waals surface area contributed by atoms with Crippen molar-refractivity contribution < 1.29 is 4.74 Å². The van der Waals surface area contributed by atoms with E-state index in [4.69, 9.17) is 15.7 Å². The van der Waals surface area contributed by atoms with Gasteiger partial charge in [-0.15, -0.1) is 0 Å². The Labute approximate surface area is 54.4 Å². The number of methoxy groups -OCH3 is 1. The summed E-state index contributed by atoms with van der Waals surface area (Å²) in [6, 6.07) is 2.04. The number of nitrogens with zero attached hydrogens (tertiary/aromatic N) is 1. The van der Waals surface area contributed by atoms with Crippen molar-refractivity contribution in [3.05, 3.63) is 0 Å². The minimum atomic E-state index is -0.583. The molecule has 0 unspecified atom stereocenters. The first-order valence-corrected chi connectivity index (χ1v) is 2.93. The molecule has 0 aliphatic heterocycles. The fourth-order valence-corrected chi connectivity index (χ4v) is 1.01. The summed E-state index contributed by atoms with van der Waals surface area (Å²) in [6.07, 6.45) is 1.58. The van der Waals surface area contributed by atoms with E-state index in [2.05, 4.69) is 0 Å². The van der Waals surface area contributed by atoms with Gasteiger partial charge >= 0.3 is 0 Å². The van der Waals surface area contributed by atoms with Crippen LogP contribution < -0.4 is 5.73 Å². The smallest absolute Gasteiger partial charge is 0.109 e. The largest absolute Gasteiger partial charge is 0.381 e. The first-order chi connectivity index (χ1) is 4.20. The van der Waals surface area contributed by atoms with E-state index in [1.807, 2.05) is 6.07 Å². The Balaban J connectivity index is 2.35. The number of ether oxygens (including phenoxy) is 1. The number of hydrogen-bond acceptors (Lipinski definition) is 3. The van der Waals surface area contributed by atoms with E-state index >= 15 is 0 Å². The molecule has 3 heteroatoms. The maximum Gasteiger partial charge on any atom is 0.109 e. The predicted octanol–water partition coefficient (Wildman–Crippen LogP) is 0.0163. The van der Waals surface area contributed by atoms with E-state index in [0.717, 1.165) is 0 Å². The van der Waals surface area contributed by atoms with Crippen LogP contribution in [-0.2, 0) is 4.74 Å². The Morgan fingerprint density at radius 1 is 1.78 bits per heavy atom. The fourth-order valence-electron chi connectivity index (χ4n) is 1.01. The first-order valence-electron chi connectivity index (χ1n) is 2.93. The molecule has 1 saturated carbocycles. The lowest BCUT2D eigenvalue weighted by Crippen LogP contribution is -2.53. The summed E-state index contributed by atoms with van der Waals surface area (Å²) in [5, 5.41) is 8.43. The Bertz CT molecular complexity index is 144. The molecule has 9 heavy (non-hydrogen) atoms. The molecule has 0 aromatic heterocycles. The van der Waals surface area contributed by atoms with Gasteiger partial charge in [0, 0.05) is 20.0 Å². The van der Waals surface area contributed by atoms with Crippen molar-refractivity contribution in [2.75, 3.05) is 7.11 Å². The van der Waals surface area contributed by atoms with Gasteiger partial charge in [0.25, 0.3) is 0 Å². The van der Waals surface area contributed by atoms with Crippen molar-refractivity contribution in [1.29, 1.82) is 5.26 Å². The summed E-state index contributed by atoms with van der Waals surface area (Å²) in [5.41, 5.74) is 4.94. The first kappa shape index (κ1) is 6.53.